The van der Waals surface area contributed by atoms with Gasteiger partial charge in [-0.05, 0) is 20.0 Å². The Hall–Kier alpha value is -0.610. The Balaban J connectivity index is 2.96. The summed E-state index contributed by atoms with van der Waals surface area (Å²) in [7, 11) is 1.85. The van der Waals surface area contributed by atoms with Crippen molar-refractivity contribution >= 4 is 5.97 Å². The molecule has 0 saturated heterocycles. The van der Waals surface area contributed by atoms with Crippen LogP contribution in [-0.2, 0) is 9.53 Å². The van der Waals surface area contributed by atoms with Crippen molar-refractivity contribution in [1.82, 2.24) is 5.32 Å². The van der Waals surface area contributed by atoms with E-state index in [9.17, 15) is 4.79 Å². The van der Waals surface area contributed by atoms with Crippen molar-refractivity contribution in [1.29, 1.82) is 0 Å². The average molecular weight is 146 g/mol. The molecule has 0 heterocycles. The van der Waals surface area contributed by atoms with Crippen LogP contribution in [0.4, 0.5) is 0 Å². The van der Waals surface area contributed by atoms with Crippen molar-refractivity contribution in [2.24, 2.45) is 5.73 Å². The Morgan fingerprint density at radius 2 is 2.40 bits per heavy atom. The summed E-state index contributed by atoms with van der Waals surface area (Å²) in [6.45, 7) is 1.29. The first-order valence-electron chi connectivity index (χ1n) is 3.31. The number of esters is 1. The van der Waals surface area contributed by atoms with E-state index in [0.29, 0.717) is 6.61 Å². The molecular weight excluding hydrogens is 132 g/mol. The molecule has 0 amide bonds. The molecule has 0 spiro atoms. The van der Waals surface area contributed by atoms with Gasteiger partial charge in [0.15, 0.2) is 0 Å². The van der Waals surface area contributed by atoms with Crippen LogP contribution in [0.15, 0.2) is 0 Å². The molecule has 0 atom stereocenters. The topological polar surface area (TPSA) is 64.3 Å². The van der Waals surface area contributed by atoms with Gasteiger partial charge in [-0.1, -0.05) is 0 Å². The molecule has 0 aromatic carbocycles. The fourth-order valence-electron chi connectivity index (χ4n) is 0.494. The number of rotatable bonds is 5. The summed E-state index contributed by atoms with van der Waals surface area (Å²) in [6.07, 6.45) is 0.836. The first-order valence-corrected chi connectivity index (χ1v) is 3.31. The van der Waals surface area contributed by atoms with Gasteiger partial charge in [-0.15, -0.1) is 0 Å². The average Bonchev–Trinajstić information content (AvgIpc) is 1.98. The highest BCUT2D eigenvalue weighted by atomic mass is 16.5. The molecule has 3 N–H and O–H groups in total. The van der Waals surface area contributed by atoms with Crippen molar-refractivity contribution in [2.45, 2.75) is 6.42 Å². The van der Waals surface area contributed by atoms with Gasteiger partial charge in [-0.25, -0.2) is 0 Å². The monoisotopic (exact) mass is 146 g/mol. The van der Waals surface area contributed by atoms with E-state index in [-0.39, 0.29) is 12.5 Å². The van der Waals surface area contributed by atoms with E-state index < -0.39 is 0 Å². The highest BCUT2D eigenvalue weighted by molar-refractivity contribution is 5.71. The standard InChI is InChI=1S/C6H14N2O2/c1-8-3-2-4-10-6(9)5-7/h8H,2-5,7H2,1H3. The lowest BCUT2D eigenvalue weighted by Gasteiger charge is -2.01. The third-order valence-electron chi connectivity index (χ3n) is 1.00. The minimum absolute atomic E-state index is 0.0282. The van der Waals surface area contributed by atoms with Crippen molar-refractivity contribution in [2.75, 3.05) is 26.7 Å². The van der Waals surface area contributed by atoms with Gasteiger partial charge in [0.25, 0.3) is 0 Å². The number of nitrogens with one attached hydrogen (secondary N) is 1. The third kappa shape index (κ3) is 5.53. The molecule has 0 aliphatic carbocycles. The van der Waals surface area contributed by atoms with Gasteiger partial charge < -0.3 is 15.8 Å². The molecule has 0 aromatic heterocycles. The third-order valence-corrected chi connectivity index (χ3v) is 1.00. The van der Waals surface area contributed by atoms with Crippen molar-refractivity contribution in [3.8, 4) is 0 Å². The number of hydrogen-bond acceptors (Lipinski definition) is 4. The molecule has 0 bridgehead atoms. The lowest BCUT2D eigenvalue weighted by molar-refractivity contribution is -0.141. The summed E-state index contributed by atoms with van der Waals surface area (Å²) in [5.41, 5.74) is 5.00. The maximum atomic E-state index is 10.4. The Morgan fingerprint density at radius 3 is 2.90 bits per heavy atom. The Morgan fingerprint density at radius 1 is 1.70 bits per heavy atom. The Kier molecular flexibility index (Phi) is 6.11. The van der Waals surface area contributed by atoms with E-state index in [0.717, 1.165) is 13.0 Å². The smallest absolute Gasteiger partial charge is 0.319 e. The molecule has 0 rings (SSSR count). The molecule has 0 aliphatic rings. The SMILES string of the molecule is CNCCCOC(=O)CN. The lowest BCUT2D eigenvalue weighted by Crippen LogP contribution is -2.19. The Bertz CT molecular complexity index is 95.7. The normalized spacial score (nSPS) is 9.40. The van der Waals surface area contributed by atoms with Crippen molar-refractivity contribution in [3.63, 3.8) is 0 Å². The maximum absolute atomic E-state index is 10.4. The minimum atomic E-state index is -0.337. The summed E-state index contributed by atoms with van der Waals surface area (Å²) < 4.78 is 4.69. The zero-order chi connectivity index (χ0) is 7.82. The van der Waals surface area contributed by atoms with Gasteiger partial charge in [-0.2, -0.15) is 0 Å². The van der Waals surface area contributed by atoms with E-state index in [1.54, 1.807) is 0 Å². The Labute approximate surface area is 60.7 Å². The first kappa shape index (κ1) is 9.39. The van der Waals surface area contributed by atoms with Crippen LogP contribution in [0.1, 0.15) is 6.42 Å². The maximum Gasteiger partial charge on any atom is 0.319 e. The molecule has 0 unspecified atom stereocenters. The van der Waals surface area contributed by atoms with Crippen LogP contribution in [0.25, 0.3) is 0 Å². The van der Waals surface area contributed by atoms with Crippen LogP contribution in [0.2, 0.25) is 0 Å². The van der Waals surface area contributed by atoms with Crippen molar-refractivity contribution in [3.05, 3.63) is 0 Å². The summed E-state index contributed by atoms with van der Waals surface area (Å²) in [5, 5.41) is 2.94. The molecule has 0 aromatic rings. The second-order valence-electron chi connectivity index (χ2n) is 1.88. The second kappa shape index (κ2) is 6.51. The van der Waals surface area contributed by atoms with Crippen LogP contribution in [0, 0.1) is 0 Å². The van der Waals surface area contributed by atoms with Crippen LogP contribution in [0.5, 0.6) is 0 Å². The predicted octanol–water partition coefficient (Wildman–Crippen LogP) is -0.902. The second-order valence-corrected chi connectivity index (χ2v) is 1.88. The number of hydrogen-bond donors (Lipinski definition) is 2. The molecule has 0 fully saturated rings. The van der Waals surface area contributed by atoms with E-state index in [4.69, 9.17) is 5.73 Å². The fourth-order valence-corrected chi connectivity index (χ4v) is 0.494. The molecular formula is C6H14N2O2. The summed E-state index contributed by atoms with van der Waals surface area (Å²) >= 11 is 0. The fraction of sp³-hybridized carbons (Fsp3) is 0.833. The van der Waals surface area contributed by atoms with Crippen LogP contribution in [-0.4, -0.2) is 32.7 Å². The molecule has 0 radical (unpaired) electrons. The summed E-state index contributed by atoms with van der Waals surface area (Å²) in [6, 6.07) is 0. The molecule has 4 heteroatoms. The van der Waals surface area contributed by atoms with Gasteiger partial charge in [0.1, 0.15) is 0 Å². The zero-order valence-corrected chi connectivity index (χ0v) is 6.22. The molecule has 4 nitrogen and oxygen atoms in total. The van der Waals surface area contributed by atoms with Gasteiger partial charge in [-0.3, -0.25) is 4.79 Å². The van der Waals surface area contributed by atoms with E-state index in [2.05, 4.69) is 10.1 Å². The van der Waals surface area contributed by atoms with Gasteiger partial charge in [0.2, 0.25) is 0 Å². The number of nitrogens with two attached hydrogens (primary N) is 1. The quantitative estimate of drug-likeness (QED) is 0.389. The highest BCUT2D eigenvalue weighted by Gasteiger charge is 1.95. The summed E-state index contributed by atoms with van der Waals surface area (Å²) in [5.74, 6) is -0.337. The number of ether oxygens (including phenoxy) is 1. The van der Waals surface area contributed by atoms with Crippen molar-refractivity contribution < 1.29 is 9.53 Å². The van der Waals surface area contributed by atoms with Crippen LogP contribution >= 0.6 is 0 Å². The molecule has 0 saturated carbocycles. The first-order chi connectivity index (χ1) is 4.81. The summed E-state index contributed by atoms with van der Waals surface area (Å²) in [4.78, 5) is 10.4. The minimum Gasteiger partial charge on any atom is -0.465 e. The largest absolute Gasteiger partial charge is 0.465 e. The molecule has 10 heavy (non-hydrogen) atoms. The van der Waals surface area contributed by atoms with E-state index in [1.807, 2.05) is 7.05 Å². The van der Waals surface area contributed by atoms with Gasteiger partial charge in [0.05, 0.1) is 13.2 Å². The van der Waals surface area contributed by atoms with E-state index in [1.165, 1.54) is 0 Å². The number of carbonyl (C=O) groups excluding carboxylic acids is 1. The van der Waals surface area contributed by atoms with Crippen LogP contribution < -0.4 is 11.1 Å². The highest BCUT2D eigenvalue weighted by Crippen LogP contribution is 1.80. The zero-order valence-electron chi connectivity index (χ0n) is 6.22. The molecule has 0 aliphatic heterocycles. The van der Waals surface area contributed by atoms with Crippen LogP contribution in [0.3, 0.4) is 0 Å². The predicted molar refractivity (Wildman–Crippen MR) is 38.6 cm³/mol. The molecule has 60 valence electrons. The van der Waals surface area contributed by atoms with Gasteiger partial charge in [0, 0.05) is 0 Å². The lowest BCUT2D eigenvalue weighted by atomic mass is 10.4. The van der Waals surface area contributed by atoms with Gasteiger partial charge >= 0.3 is 5.97 Å². The number of carbonyl (C=O) groups is 1. The van der Waals surface area contributed by atoms with E-state index >= 15 is 0 Å².